The lowest BCUT2D eigenvalue weighted by molar-refractivity contribution is -0.123. The van der Waals surface area contributed by atoms with Crippen molar-refractivity contribution in [2.24, 2.45) is 17.8 Å². The summed E-state index contributed by atoms with van der Waals surface area (Å²) in [5.41, 5.74) is 2.29. The SMILES string of the molecule is COc1cc([C@H]2C3=CC[C@@H]4C(=O)N(c5cccc(C(=O)O)c5)C(=O)[C@@H]4[C@@H]3CC3=C2C(=O)C=C(C)C3=O)c(Br)c(Br)c1O. The first-order valence-corrected chi connectivity index (χ1v) is 14.7. The van der Waals surface area contributed by atoms with E-state index in [2.05, 4.69) is 31.9 Å². The first-order valence-electron chi connectivity index (χ1n) is 13.1. The van der Waals surface area contributed by atoms with Crippen LogP contribution < -0.4 is 9.64 Å². The number of aromatic carboxylic acids is 1. The molecule has 3 aliphatic carbocycles. The van der Waals surface area contributed by atoms with Crippen LogP contribution in [0.5, 0.6) is 11.5 Å². The summed E-state index contributed by atoms with van der Waals surface area (Å²) < 4.78 is 6.14. The van der Waals surface area contributed by atoms with Crippen LogP contribution in [0.15, 0.2) is 73.7 Å². The molecule has 1 aliphatic heterocycles. The Morgan fingerprint density at radius 2 is 1.79 bits per heavy atom. The largest absolute Gasteiger partial charge is 0.503 e. The number of carbonyl (C=O) groups is 5. The van der Waals surface area contributed by atoms with Crippen LogP contribution in [0, 0.1) is 17.8 Å². The number of rotatable bonds is 4. The average molecular weight is 697 g/mol. The van der Waals surface area contributed by atoms with Crippen molar-refractivity contribution in [3.05, 3.63) is 84.8 Å². The first-order chi connectivity index (χ1) is 20.0. The minimum Gasteiger partial charge on any atom is -0.503 e. The third-order valence-electron chi connectivity index (χ3n) is 8.62. The number of phenolic OH excluding ortho intramolecular Hbond substituents is 1. The normalized spacial score (nSPS) is 25.1. The fourth-order valence-electron chi connectivity index (χ4n) is 6.75. The molecular formula is C31H23Br2NO8. The Kier molecular flexibility index (Phi) is 6.85. The van der Waals surface area contributed by atoms with Gasteiger partial charge in [-0.05, 0) is 93.4 Å². The second-order valence-corrected chi connectivity index (χ2v) is 12.3. The molecule has 2 aromatic carbocycles. The number of amides is 2. The van der Waals surface area contributed by atoms with Gasteiger partial charge in [0.1, 0.15) is 0 Å². The number of ketones is 2. The molecule has 0 radical (unpaired) electrons. The van der Waals surface area contributed by atoms with Gasteiger partial charge in [0.05, 0.1) is 34.7 Å². The number of phenols is 1. The van der Waals surface area contributed by atoms with Gasteiger partial charge in [-0.3, -0.25) is 24.1 Å². The highest BCUT2D eigenvalue weighted by Crippen LogP contribution is 2.57. The van der Waals surface area contributed by atoms with Crippen LogP contribution in [0.2, 0.25) is 0 Å². The molecule has 4 atom stereocenters. The molecule has 4 aliphatic rings. The van der Waals surface area contributed by atoms with Crippen LogP contribution in [0.25, 0.3) is 0 Å². The summed E-state index contributed by atoms with van der Waals surface area (Å²) in [6.07, 6.45) is 3.53. The number of imide groups is 1. The number of hydrogen-bond donors (Lipinski definition) is 2. The monoisotopic (exact) mass is 695 g/mol. The van der Waals surface area contributed by atoms with Gasteiger partial charge in [-0.2, -0.15) is 0 Å². The Morgan fingerprint density at radius 3 is 2.48 bits per heavy atom. The first kappa shape index (κ1) is 28.3. The predicted octanol–water partition coefficient (Wildman–Crippen LogP) is 5.26. The van der Waals surface area contributed by atoms with Crippen LogP contribution in [0.1, 0.15) is 41.6 Å². The molecule has 2 N–H and O–H groups in total. The molecule has 2 aromatic rings. The maximum Gasteiger partial charge on any atom is 0.335 e. The number of allylic oxidation sites excluding steroid dienone is 6. The zero-order chi connectivity index (χ0) is 30.2. The van der Waals surface area contributed by atoms with Gasteiger partial charge in [0.25, 0.3) is 0 Å². The summed E-state index contributed by atoms with van der Waals surface area (Å²) in [6, 6.07) is 7.28. The van der Waals surface area contributed by atoms with E-state index >= 15 is 0 Å². The van der Waals surface area contributed by atoms with E-state index in [1.54, 1.807) is 13.0 Å². The number of carboxylic acid groups (broad SMARTS) is 1. The van der Waals surface area contributed by atoms with E-state index in [-0.39, 0.29) is 47.2 Å². The molecule has 2 amide bonds. The predicted molar refractivity (Wildman–Crippen MR) is 157 cm³/mol. The highest BCUT2D eigenvalue weighted by atomic mass is 79.9. The third kappa shape index (κ3) is 4.04. The Balaban J connectivity index is 1.52. The van der Waals surface area contributed by atoms with E-state index < -0.39 is 41.5 Å². The van der Waals surface area contributed by atoms with Gasteiger partial charge in [0.2, 0.25) is 11.8 Å². The van der Waals surface area contributed by atoms with Crippen molar-refractivity contribution in [2.75, 3.05) is 12.0 Å². The number of aromatic hydroxyl groups is 1. The number of benzene rings is 2. The number of hydrogen-bond acceptors (Lipinski definition) is 7. The lowest BCUT2D eigenvalue weighted by atomic mass is 9.59. The lowest BCUT2D eigenvalue weighted by Gasteiger charge is -2.42. The van der Waals surface area contributed by atoms with Crippen molar-refractivity contribution in [1.82, 2.24) is 0 Å². The van der Waals surface area contributed by atoms with Gasteiger partial charge in [-0.15, -0.1) is 0 Å². The summed E-state index contributed by atoms with van der Waals surface area (Å²) >= 11 is 6.93. The van der Waals surface area contributed by atoms with Gasteiger partial charge in [0, 0.05) is 27.1 Å². The second-order valence-electron chi connectivity index (χ2n) is 10.7. The van der Waals surface area contributed by atoms with Crippen molar-refractivity contribution in [3.8, 4) is 11.5 Å². The molecule has 1 heterocycles. The van der Waals surface area contributed by atoms with Crippen molar-refractivity contribution in [2.45, 2.75) is 25.7 Å². The number of halogens is 2. The smallest absolute Gasteiger partial charge is 0.335 e. The van der Waals surface area contributed by atoms with Crippen LogP contribution in [0.4, 0.5) is 5.69 Å². The third-order valence-corrected chi connectivity index (χ3v) is 10.8. The number of carbonyl (C=O) groups excluding carboxylic acids is 4. The van der Waals surface area contributed by atoms with Crippen LogP contribution >= 0.6 is 31.9 Å². The van der Waals surface area contributed by atoms with Gasteiger partial charge in [-0.1, -0.05) is 17.7 Å². The van der Waals surface area contributed by atoms with Crippen LogP contribution in [0.3, 0.4) is 0 Å². The number of methoxy groups -OCH3 is 1. The van der Waals surface area contributed by atoms with Crippen LogP contribution in [-0.2, 0) is 19.2 Å². The molecule has 1 fully saturated rings. The summed E-state index contributed by atoms with van der Waals surface area (Å²) in [4.78, 5) is 67.4. The maximum absolute atomic E-state index is 14.0. The average Bonchev–Trinajstić information content (AvgIpc) is 3.23. The van der Waals surface area contributed by atoms with Gasteiger partial charge < -0.3 is 14.9 Å². The zero-order valence-electron chi connectivity index (χ0n) is 22.3. The van der Waals surface area contributed by atoms with Crippen molar-refractivity contribution in [3.63, 3.8) is 0 Å². The van der Waals surface area contributed by atoms with Gasteiger partial charge in [-0.25, -0.2) is 4.79 Å². The van der Waals surface area contributed by atoms with E-state index in [4.69, 9.17) is 4.74 Å². The van der Waals surface area contributed by atoms with E-state index in [1.807, 2.05) is 6.08 Å². The minimum absolute atomic E-state index is 0.0559. The fourth-order valence-corrected chi connectivity index (χ4v) is 7.70. The summed E-state index contributed by atoms with van der Waals surface area (Å²) in [5.74, 6) is -5.57. The molecule has 0 saturated carbocycles. The molecule has 1 saturated heterocycles. The highest BCUT2D eigenvalue weighted by Gasteiger charge is 2.57. The Bertz CT molecular complexity index is 1750. The van der Waals surface area contributed by atoms with E-state index in [1.165, 1.54) is 37.5 Å². The Morgan fingerprint density at radius 1 is 1.05 bits per heavy atom. The molecule has 0 unspecified atom stereocenters. The zero-order valence-corrected chi connectivity index (χ0v) is 25.5. The summed E-state index contributed by atoms with van der Waals surface area (Å²) in [6.45, 7) is 1.57. The second kappa shape index (κ2) is 10.2. The Labute approximate surface area is 256 Å². The lowest BCUT2D eigenvalue weighted by Crippen LogP contribution is -2.40. The number of nitrogens with zero attached hydrogens (tertiary/aromatic N) is 1. The van der Waals surface area contributed by atoms with Crippen LogP contribution in [-0.4, -0.2) is 46.7 Å². The number of Topliss-reactive ketones (excluding diaryl/α,β-unsaturated/α-hetero) is 1. The molecule has 9 nitrogen and oxygen atoms in total. The molecule has 0 bridgehead atoms. The van der Waals surface area contributed by atoms with Crippen molar-refractivity contribution in [1.29, 1.82) is 0 Å². The van der Waals surface area contributed by atoms with Crippen molar-refractivity contribution >= 4 is 66.9 Å². The Hall–Kier alpha value is -3.83. The molecule has 42 heavy (non-hydrogen) atoms. The minimum atomic E-state index is -1.18. The molecule has 6 rings (SSSR count). The molecule has 0 spiro atoms. The number of anilines is 1. The van der Waals surface area contributed by atoms with E-state index in [0.717, 1.165) is 10.5 Å². The number of fused-ring (bicyclic) bond motifs is 3. The number of carboxylic acids is 1. The quantitative estimate of drug-likeness (QED) is 0.251. The standard InChI is InChI=1S/C31H23Br2NO8/c1-12-8-20(35)24-19(27(12)36)10-17-15(22(24)18-11-21(42-2)28(37)26(33)25(18)32)6-7-16-23(17)30(39)34(29(16)38)14-5-3-4-13(9-14)31(40)41/h3-6,8-9,11,16-17,22-23,37H,7,10H2,1-2H3,(H,40,41)/t16-,17+,22+,23-/m0/s1. The fraction of sp³-hybridized carbons (Fsp3) is 0.258. The molecular weight excluding hydrogens is 674 g/mol. The number of ether oxygens (including phenoxy) is 1. The summed E-state index contributed by atoms with van der Waals surface area (Å²) in [5, 5.41) is 20.0. The maximum atomic E-state index is 14.0. The van der Waals surface area contributed by atoms with Crippen molar-refractivity contribution < 1.29 is 38.9 Å². The molecule has 214 valence electrons. The highest BCUT2D eigenvalue weighted by molar-refractivity contribution is 9.13. The van der Waals surface area contributed by atoms with E-state index in [0.29, 0.717) is 31.2 Å². The van der Waals surface area contributed by atoms with Gasteiger partial charge in [0.15, 0.2) is 23.1 Å². The molecule has 0 aromatic heterocycles. The van der Waals surface area contributed by atoms with E-state index in [9.17, 15) is 34.2 Å². The van der Waals surface area contributed by atoms with Gasteiger partial charge >= 0.3 is 5.97 Å². The molecule has 11 heteroatoms. The topological polar surface area (TPSA) is 138 Å². The summed E-state index contributed by atoms with van der Waals surface area (Å²) in [7, 11) is 1.40.